The quantitative estimate of drug-likeness (QED) is 0.580. The van der Waals surface area contributed by atoms with Crippen LogP contribution in [0, 0.1) is 5.92 Å². The fourth-order valence-electron chi connectivity index (χ4n) is 2.33. The van der Waals surface area contributed by atoms with E-state index in [9.17, 15) is 9.90 Å². The fourth-order valence-corrected chi connectivity index (χ4v) is 2.33. The monoisotopic (exact) mass is 243 g/mol. The van der Waals surface area contributed by atoms with Crippen LogP contribution >= 0.6 is 0 Å². The summed E-state index contributed by atoms with van der Waals surface area (Å²) < 4.78 is 4.57. The number of carbonyl (C=O) groups excluding carboxylic acids is 1. The Morgan fingerprint density at radius 1 is 1.41 bits per heavy atom. The maximum atomic E-state index is 11.3. The molecule has 1 fully saturated rings. The smallest absolute Gasteiger partial charge is 0.338 e. The van der Waals surface area contributed by atoms with Gasteiger partial charge in [-0.1, -0.05) is 19.8 Å². The van der Waals surface area contributed by atoms with Crippen molar-refractivity contribution in [2.75, 3.05) is 13.7 Å². The van der Waals surface area contributed by atoms with Crippen LogP contribution in [0.1, 0.15) is 46.0 Å². The van der Waals surface area contributed by atoms with Crippen molar-refractivity contribution in [3.63, 3.8) is 0 Å². The van der Waals surface area contributed by atoms with Gasteiger partial charge in [0.25, 0.3) is 0 Å². The van der Waals surface area contributed by atoms with Crippen molar-refractivity contribution >= 4 is 5.97 Å². The SMILES string of the molecule is COC(=O)C(C)(O)CNC1CCCC(C)CC1. The second-order valence-corrected chi connectivity index (χ2v) is 5.46. The van der Waals surface area contributed by atoms with Gasteiger partial charge in [-0.15, -0.1) is 0 Å². The van der Waals surface area contributed by atoms with Crippen LogP contribution in [0.5, 0.6) is 0 Å². The number of nitrogens with one attached hydrogen (secondary N) is 1. The normalized spacial score (nSPS) is 29.2. The lowest BCUT2D eigenvalue weighted by Gasteiger charge is -2.24. The van der Waals surface area contributed by atoms with E-state index in [1.54, 1.807) is 0 Å². The predicted octanol–water partition coefficient (Wildman–Crippen LogP) is 1.47. The van der Waals surface area contributed by atoms with Crippen molar-refractivity contribution in [1.82, 2.24) is 5.32 Å². The topological polar surface area (TPSA) is 58.6 Å². The van der Waals surface area contributed by atoms with Gasteiger partial charge in [0.1, 0.15) is 0 Å². The molecule has 0 heterocycles. The lowest BCUT2D eigenvalue weighted by atomic mass is 10.0. The van der Waals surface area contributed by atoms with Gasteiger partial charge in [-0.25, -0.2) is 4.79 Å². The number of methoxy groups -OCH3 is 1. The second-order valence-electron chi connectivity index (χ2n) is 5.46. The zero-order valence-electron chi connectivity index (χ0n) is 11.2. The van der Waals surface area contributed by atoms with Gasteiger partial charge in [-0.05, 0) is 32.1 Å². The van der Waals surface area contributed by atoms with Gasteiger partial charge in [0, 0.05) is 12.6 Å². The number of aliphatic hydroxyl groups is 1. The van der Waals surface area contributed by atoms with Crippen molar-refractivity contribution in [2.45, 2.75) is 57.6 Å². The van der Waals surface area contributed by atoms with E-state index >= 15 is 0 Å². The molecule has 2 N–H and O–H groups in total. The summed E-state index contributed by atoms with van der Waals surface area (Å²) in [5, 5.41) is 13.2. The molecule has 1 aliphatic rings. The molecule has 0 aromatic heterocycles. The van der Waals surface area contributed by atoms with E-state index in [-0.39, 0.29) is 6.54 Å². The highest BCUT2D eigenvalue weighted by atomic mass is 16.5. The molecule has 0 aliphatic heterocycles. The minimum Gasteiger partial charge on any atom is -0.467 e. The maximum absolute atomic E-state index is 11.3. The maximum Gasteiger partial charge on any atom is 0.338 e. The summed E-state index contributed by atoms with van der Waals surface area (Å²) in [5.74, 6) is 0.218. The van der Waals surface area contributed by atoms with Crippen LogP contribution in [0.4, 0.5) is 0 Å². The molecule has 4 heteroatoms. The third kappa shape index (κ3) is 4.64. The number of esters is 1. The molecule has 3 unspecified atom stereocenters. The fraction of sp³-hybridized carbons (Fsp3) is 0.923. The molecule has 4 nitrogen and oxygen atoms in total. The number of carbonyl (C=O) groups is 1. The zero-order valence-corrected chi connectivity index (χ0v) is 11.2. The molecule has 1 rings (SSSR count). The van der Waals surface area contributed by atoms with Gasteiger partial charge in [0.2, 0.25) is 0 Å². The first-order chi connectivity index (χ1) is 7.95. The third-order valence-corrected chi connectivity index (χ3v) is 3.62. The van der Waals surface area contributed by atoms with E-state index in [0.29, 0.717) is 6.04 Å². The number of rotatable bonds is 4. The van der Waals surface area contributed by atoms with E-state index in [2.05, 4.69) is 17.0 Å². The first kappa shape index (κ1) is 14.5. The van der Waals surface area contributed by atoms with Crippen LogP contribution < -0.4 is 5.32 Å². The molecule has 0 aromatic carbocycles. The van der Waals surface area contributed by atoms with Crippen molar-refractivity contribution in [3.8, 4) is 0 Å². The molecule has 100 valence electrons. The summed E-state index contributed by atoms with van der Waals surface area (Å²) in [6, 6.07) is 0.413. The summed E-state index contributed by atoms with van der Waals surface area (Å²) >= 11 is 0. The molecule has 1 aliphatic carbocycles. The molecular weight excluding hydrogens is 218 g/mol. The van der Waals surface area contributed by atoms with Crippen LogP contribution in [0.25, 0.3) is 0 Å². The first-order valence-electron chi connectivity index (χ1n) is 6.50. The average molecular weight is 243 g/mol. The van der Waals surface area contributed by atoms with Crippen LogP contribution in [0.3, 0.4) is 0 Å². The molecule has 0 aromatic rings. The van der Waals surface area contributed by atoms with Gasteiger partial charge in [-0.3, -0.25) is 0 Å². The Morgan fingerprint density at radius 3 is 2.76 bits per heavy atom. The summed E-state index contributed by atoms with van der Waals surface area (Å²) in [4.78, 5) is 11.3. The van der Waals surface area contributed by atoms with Crippen LogP contribution in [-0.4, -0.2) is 36.4 Å². The summed E-state index contributed by atoms with van der Waals surface area (Å²) in [7, 11) is 1.30. The molecule has 1 saturated carbocycles. The van der Waals surface area contributed by atoms with Crippen LogP contribution in [0.2, 0.25) is 0 Å². The van der Waals surface area contributed by atoms with Crippen LogP contribution in [0.15, 0.2) is 0 Å². The first-order valence-corrected chi connectivity index (χ1v) is 6.50. The molecule has 0 radical (unpaired) electrons. The summed E-state index contributed by atoms with van der Waals surface area (Å²) in [6.45, 7) is 4.04. The Morgan fingerprint density at radius 2 is 2.12 bits per heavy atom. The third-order valence-electron chi connectivity index (χ3n) is 3.62. The Labute approximate surface area is 104 Å². The van der Waals surface area contributed by atoms with Crippen molar-refractivity contribution < 1.29 is 14.6 Å². The largest absolute Gasteiger partial charge is 0.467 e. The van der Waals surface area contributed by atoms with E-state index in [1.807, 2.05) is 0 Å². The van der Waals surface area contributed by atoms with Gasteiger partial charge in [-0.2, -0.15) is 0 Å². The van der Waals surface area contributed by atoms with Gasteiger partial charge in [0.05, 0.1) is 7.11 Å². The van der Waals surface area contributed by atoms with Crippen molar-refractivity contribution in [1.29, 1.82) is 0 Å². The predicted molar refractivity (Wildman–Crippen MR) is 66.7 cm³/mol. The number of hydrogen-bond donors (Lipinski definition) is 2. The van der Waals surface area contributed by atoms with E-state index in [4.69, 9.17) is 0 Å². The Kier molecular flexibility index (Phi) is 5.40. The van der Waals surface area contributed by atoms with E-state index in [0.717, 1.165) is 18.8 Å². The minimum atomic E-state index is -1.42. The Balaban J connectivity index is 2.36. The second kappa shape index (κ2) is 6.36. The Bertz CT molecular complexity index is 253. The Hall–Kier alpha value is -0.610. The van der Waals surface area contributed by atoms with E-state index < -0.39 is 11.6 Å². The molecule has 0 bridgehead atoms. The molecule has 0 amide bonds. The highest BCUT2D eigenvalue weighted by molar-refractivity contribution is 5.78. The minimum absolute atomic E-state index is 0.263. The van der Waals surface area contributed by atoms with Crippen molar-refractivity contribution in [2.24, 2.45) is 5.92 Å². The summed E-state index contributed by atoms with van der Waals surface area (Å²) in [6.07, 6.45) is 5.98. The molecule has 3 atom stereocenters. The average Bonchev–Trinajstić information content (AvgIpc) is 2.50. The highest BCUT2D eigenvalue weighted by Crippen LogP contribution is 2.22. The van der Waals surface area contributed by atoms with Crippen LogP contribution in [-0.2, 0) is 9.53 Å². The summed E-state index contributed by atoms with van der Waals surface area (Å²) in [5.41, 5.74) is -1.42. The van der Waals surface area contributed by atoms with Crippen molar-refractivity contribution in [3.05, 3.63) is 0 Å². The molecular formula is C13H25NO3. The van der Waals surface area contributed by atoms with E-state index in [1.165, 1.54) is 33.3 Å². The lowest BCUT2D eigenvalue weighted by Crippen LogP contribution is -2.48. The molecule has 0 spiro atoms. The molecule has 0 saturated heterocycles. The van der Waals surface area contributed by atoms with Gasteiger partial charge >= 0.3 is 5.97 Å². The van der Waals surface area contributed by atoms with Gasteiger partial charge < -0.3 is 15.2 Å². The number of ether oxygens (including phenoxy) is 1. The highest BCUT2D eigenvalue weighted by Gasteiger charge is 2.32. The molecule has 17 heavy (non-hydrogen) atoms. The lowest BCUT2D eigenvalue weighted by molar-refractivity contribution is -0.160. The standard InChI is InChI=1S/C13H25NO3/c1-10-5-4-6-11(8-7-10)14-9-13(2,16)12(15)17-3/h10-11,14,16H,4-9H2,1-3H3. The number of hydrogen-bond acceptors (Lipinski definition) is 4. The zero-order chi connectivity index (χ0) is 12.9. The van der Waals surface area contributed by atoms with Gasteiger partial charge in [0.15, 0.2) is 5.60 Å².